The average molecular weight is 907 g/mol. The van der Waals surface area contributed by atoms with E-state index in [1.165, 1.54) is 20.1 Å². The van der Waals surface area contributed by atoms with Gasteiger partial charge in [-0.3, -0.25) is 4.79 Å². The van der Waals surface area contributed by atoms with Crippen LogP contribution in [0, 0.1) is 23.6 Å². The van der Waals surface area contributed by atoms with Crippen molar-refractivity contribution in [2.75, 3.05) is 34.0 Å². The largest absolute Gasteiger partial charge is 0.483 e. The van der Waals surface area contributed by atoms with Gasteiger partial charge in [-0.2, -0.15) is 0 Å². The van der Waals surface area contributed by atoms with Gasteiger partial charge in [0.05, 0.1) is 47.6 Å². The summed E-state index contributed by atoms with van der Waals surface area (Å²) in [7, 11) is 1.05. The number of methoxy groups -OCH3 is 1. The molecular weight excluding hydrogens is 832 g/mol. The lowest BCUT2D eigenvalue weighted by Gasteiger charge is -2.48. The van der Waals surface area contributed by atoms with E-state index in [-0.39, 0.29) is 30.9 Å². The number of carbonyl (C=O) groups excluding carboxylic acids is 1. The monoisotopic (exact) mass is 906 g/mol. The molecule has 0 radical (unpaired) electrons. The Morgan fingerprint density at radius 1 is 0.984 bits per heavy atom. The van der Waals surface area contributed by atoms with E-state index in [9.17, 15) is 38.0 Å². The van der Waals surface area contributed by atoms with Gasteiger partial charge < -0.3 is 63.8 Å². The molecule has 1 aromatic carbocycles. The minimum Gasteiger partial charge on any atom is -0.483 e. The third kappa shape index (κ3) is 11.8. The molecule has 16 nitrogen and oxygen atoms in total. The van der Waals surface area contributed by atoms with Gasteiger partial charge in [-0.25, -0.2) is 12.8 Å². The van der Waals surface area contributed by atoms with Crippen molar-refractivity contribution in [1.82, 2.24) is 10.2 Å². The lowest BCUT2D eigenvalue weighted by molar-refractivity contribution is -0.314. The van der Waals surface area contributed by atoms with Crippen LogP contribution in [0.3, 0.4) is 0 Å². The average Bonchev–Trinajstić information content (AvgIpc) is 3.18. The highest BCUT2D eigenvalue weighted by Gasteiger charge is 2.53. The normalized spacial score (nSPS) is 43.6. The first-order chi connectivity index (χ1) is 28.6. The molecule has 18 heteroatoms. The summed E-state index contributed by atoms with van der Waals surface area (Å²) in [6.45, 7) is 17.6. The van der Waals surface area contributed by atoms with Crippen molar-refractivity contribution >= 4 is 15.8 Å². The minimum absolute atomic E-state index is 0.0459. The minimum atomic E-state index is -3.96. The molecule has 1 aromatic rings. The van der Waals surface area contributed by atoms with E-state index in [2.05, 4.69) is 5.32 Å². The Kier molecular flexibility index (Phi) is 17.5. The summed E-state index contributed by atoms with van der Waals surface area (Å²) < 4.78 is 84.4. The predicted octanol–water partition coefficient (Wildman–Crippen LogP) is 3.19. The van der Waals surface area contributed by atoms with Gasteiger partial charge in [0.25, 0.3) is 0 Å². The van der Waals surface area contributed by atoms with Crippen molar-refractivity contribution in [1.29, 1.82) is 0 Å². The lowest BCUT2D eigenvalue weighted by atomic mass is 9.77. The number of sulfone groups is 1. The Hall–Kier alpha value is -2.07. The number of likely N-dealkylation sites (N-methyl/N-ethyl adjacent to an activating group) is 2. The third-order valence-electron chi connectivity index (χ3n) is 13.5. The van der Waals surface area contributed by atoms with Crippen molar-refractivity contribution in [2.45, 2.75) is 190 Å². The zero-order valence-corrected chi connectivity index (χ0v) is 39.8. The Labute approximate surface area is 368 Å². The SMILES string of the molecule is CC[C@H]1OC(=O)[C@H](C)[C@@H](O[C@H]2C[C@@](C)(OC)[C@@H](O)[C@H](C)O2)[C@H](C)[C@@H](O[C@@H]2O[C@H](C)C[C@H](NC)[C@H]2Oc2ccc(F)c(S(C)(=O)=O)c2)[C@](C)(O)C[C@@H](C)CN(C)[C@H](C)[C@@H](O)[C@]1(C)O. The number of ether oxygens (including phenoxy) is 7. The Bertz CT molecular complexity index is 1760. The zero-order chi connectivity index (χ0) is 46.9. The van der Waals surface area contributed by atoms with Crippen LogP contribution in [0.5, 0.6) is 5.75 Å². The topological polar surface area (TPSA) is 212 Å². The maximum atomic E-state index is 14.7. The van der Waals surface area contributed by atoms with Crippen molar-refractivity contribution < 1.29 is 71.2 Å². The van der Waals surface area contributed by atoms with Crippen molar-refractivity contribution in [3.63, 3.8) is 0 Å². The number of esters is 1. The molecule has 3 aliphatic rings. The van der Waals surface area contributed by atoms with E-state index in [4.69, 9.17) is 33.2 Å². The Morgan fingerprint density at radius 3 is 2.21 bits per heavy atom. The molecule has 3 saturated heterocycles. The van der Waals surface area contributed by atoms with Crippen LogP contribution in [-0.4, -0.2) is 164 Å². The molecule has 3 heterocycles. The first-order valence-corrected chi connectivity index (χ1v) is 23.7. The van der Waals surface area contributed by atoms with Crippen molar-refractivity contribution in [3.8, 4) is 5.75 Å². The molecule has 3 fully saturated rings. The van der Waals surface area contributed by atoms with E-state index in [1.54, 1.807) is 62.6 Å². The third-order valence-corrected chi connectivity index (χ3v) is 14.6. The second kappa shape index (κ2) is 20.6. The maximum Gasteiger partial charge on any atom is 0.311 e. The van der Waals surface area contributed by atoms with Crippen molar-refractivity contribution in [2.24, 2.45) is 17.8 Å². The fraction of sp³-hybridized carbons (Fsp3) is 0.841. The number of nitrogens with zero attached hydrogens (tertiary/aromatic N) is 1. The molecular formula is C44H75FN2O14S. The van der Waals surface area contributed by atoms with E-state index < -0.39 is 129 Å². The molecule has 358 valence electrons. The molecule has 62 heavy (non-hydrogen) atoms. The van der Waals surface area contributed by atoms with Crippen LogP contribution in [0.25, 0.3) is 0 Å². The molecule has 0 aromatic heterocycles. The zero-order valence-electron chi connectivity index (χ0n) is 39.0. The number of benzene rings is 1. The summed E-state index contributed by atoms with van der Waals surface area (Å²) in [5, 5.41) is 50.5. The standard InChI is InChI=1S/C44H75FN2O14S/c1-15-33-44(10,52)37(48)27(6)47(12)22-23(2)20-42(8,51)39(25(4)35(26(5)40(50)59-33)60-34-21-43(9,55-13)38(49)28(7)57-34)61-41-36(31(46-11)18-24(3)56-41)58-29-16-17-30(45)32(19-29)62(14,53)54/h16-17,19,23-28,31,33-39,41,46,48-49,51-52H,15,18,20-22H2,1-14H3/t23-,24-,25+,26-,27-,28+,31+,33-,34+,35+,36-,37-,38+,39-,41+,42-,43-,44-/m1/s1. The summed E-state index contributed by atoms with van der Waals surface area (Å²) in [4.78, 5) is 15.8. The molecule has 0 spiro atoms. The lowest BCUT2D eigenvalue weighted by Crippen LogP contribution is -2.61. The van der Waals surface area contributed by atoms with Gasteiger partial charge in [0, 0.05) is 44.4 Å². The number of cyclic esters (lactones) is 1. The predicted molar refractivity (Wildman–Crippen MR) is 227 cm³/mol. The van der Waals surface area contributed by atoms with E-state index in [0.717, 1.165) is 18.4 Å². The number of halogens is 1. The summed E-state index contributed by atoms with van der Waals surface area (Å²) >= 11 is 0. The molecule has 0 unspecified atom stereocenters. The highest BCUT2D eigenvalue weighted by molar-refractivity contribution is 7.90. The number of hydrogen-bond donors (Lipinski definition) is 5. The molecule has 0 saturated carbocycles. The highest BCUT2D eigenvalue weighted by atomic mass is 32.2. The fourth-order valence-corrected chi connectivity index (χ4v) is 10.4. The molecule has 0 amide bonds. The second-order valence-corrected chi connectivity index (χ2v) is 21.0. The summed E-state index contributed by atoms with van der Waals surface area (Å²) in [6, 6.07) is 2.40. The van der Waals surface area contributed by atoms with Crippen LogP contribution in [0.4, 0.5) is 4.39 Å². The second-order valence-electron chi connectivity index (χ2n) is 19.0. The summed E-state index contributed by atoms with van der Waals surface area (Å²) in [5.41, 5.74) is -4.64. The molecule has 3 aliphatic heterocycles. The van der Waals surface area contributed by atoms with Crippen LogP contribution in [0.1, 0.15) is 94.9 Å². The van der Waals surface area contributed by atoms with E-state index in [1.807, 2.05) is 18.7 Å². The van der Waals surface area contributed by atoms with Crippen LogP contribution in [0.2, 0.25) is 0 Å². The number of carbonyl (C=O) groups is 1. The highest BCUT2D eigenvalue weighted by Crippen LogP contribution is 2.40. The molecule has 0 aliphatic carbocycles. The molecule has 0 bridgehead atoms. The van der Waals surface area contributed by atoms with E-state index in [0.29, 0.717) is 13.0 Å². The Morgan fingerprint density at radius 2 is 1.63 bits per heavy atom. The first-order valence-electron chi connectivity index (χ1n) is 21.8. The molecule has 18 atom stereocenters. The number of hydrogen-bond acceptors (Lipinski definition) is 16. The quantitative estimate of drug-likeness (QED) is 0.214. The van der Waals surface area contributed by atoms with Gasteiger partial charge in [-0.05, 0) is 99.9 Å². The Balaban J connectivity index is 1.88. The number of aliphatic hydroxyl groups excluding tert-OH is 2. The first kappa shape index (κ1) is 52.6. The van der Waals surface area contributed by atoms with Crippen LogP contribution in [-0.2, 0) is 43.1 Å². The summed E-state index contributed by atoms with van der Waals surface area (Å²) in [6.07, 6.45) is -8.40. The summed E-state index contributed by atoms with van der Waals surface area (Å²) in [5.74, 6) is -3.85. The van der Waals surface area contributed by atoms with Crippen LogP contribution >= 0.6 is 0 Å². The van der Waals surface area contributed by atoms with Gasteiger partial charge in [0.1, 0.15) is 40.4 Å². The van der Waals surface area contributed by atoms with Gasteiger partial charge >= 0.3 is 5.97 Å². The van der Waals surface area contributed by atoms with Crippen LogP contribution < -0.4 is 10.1 Å². The van der Waals surface area contributed by atoms with Crippen molar-refractivity contribution in [3.05, 3.63) is 24.0 Å². The maximum absolute atomic E-state index is 14.7. The molecule has 5 N–H and O–H groups in total. The number of nitrogens with one attached hydrogen (secondary N) is 1. The van der Waals surface area contributed by atoms with Gasteiger partial charge in [-0.15, -0.1) is 0 Å². The number of aliphatic hydroxyl groups is 4. The molecule has 4 rings (SSSR count). The van der Waals surface area contributed by atoms with Crippen LogP contribution in [0.15, 0.2) is 23.1 Å². The van der Waals surface area contributed by atoms with Gasteiger partial charge in [0.2, 0.25) is 0 Å². The smallest absolute Gasteiger partial charge is 0.311 e. The van der Waals surface area contributed by atoms with Gasteiger partial charge in [0.15, 0.2) is 28.5 Å². The van der Waals surface area contributed by atoms with E-state index >= 15 is 0 Å². The number of rotatable bonds is 10. The van der Waals surface area contributed by atoms with Gasteiger partial charge in [-0.1, -0.05) is 20.8 Å². The fourth-order valence-electron chi connectivity index (χ4n) is 9.65.